The summed E-state index contributed by atoms with van der Waals surface area (Å²) in [6, 6.07) is 12.7. The van der Waals surface area contributed by atoms with E-state index < -0.39 is 22.0 Å². The Bertz CT molecular complexity index is 1180. The molecule has 2 aromatic carbocycles. The van der Waals surface area contributed by atoms with E-state index in [1.165, 1.54) is 39.9 Å². The van der Waals surface area contributed by atoms with Gasteiger partial charge in [-0.05, 0) is 49.2 Å². The van der Waals surface area contributed by atoms with E-state index in [4.69, 9.17) is 11.6 Å². The van der Waals surface area contributed by atoms with Crippen LogP contribution < -0.4 is 5.32 Å². The molecule has 0 radical (unpaired) electrons. The first-order chi connectivity index (χ1) is 14.3. The van der Waals surface area contributed by atoms with Crippen molar-refractivity contribution in [1.82, 2.24) is 14.5 Å². The van der Waals surface area contributed by atoms with E-state index in [-0.39, 0.29) is 11.4 Å². The lowest BCUT2D eigenvalue weighted by Crippen LogP contribution is -2.43. The van der Waals surface area contributed by atoms with Crippen LogP contribution in [0.4, 0.5) is 5.13 Å². The second-order valence-corrected chi connectivity index (χ2v) is 10.9. The number of rotatable bonds is 5. The normalized spacial score (nSPS) is 17.2. The van der Waals surface area contributed by atoms with Crippen LogP contribution in [-0.2, 0) is 14.8 Å². The topological polar surface area (TPSA) is 92.3 Å². The summed E-state index contributed by atoms with van der Waals surface area (Å²) in [4.78, 5) is 13.0. The van der Waals surface area contributed by atoms with Gasteiger partial charge < -0.3 is 0 Å². The van der Waals surface area contributed by atoms with Crippen LogP contribution in [-0.4, -0.2) is 41.4 Å². The molecule has 0 unspecified atom stereocenters. The minimum atomic E-state index is -3.81. The lowest BCUT2D eigenvalue weighted by Gasteiger charge is -2.23. The number of amides is 1. The van der Waals surface area contributed by atoms with Crippen LogP contribution in [0.1, 0.15) is 12.8 Å². The molecule has 156 valence electrons. The molecule has 11 heteroatoms. The van der Waals surface area contributed by atoms with Crippen molar-refractivity contribution in [3.63, 3.8) is 0 Å². The van der Waals surface area contributed by atoms with Crippen molar-refractivity contribution >= 4 is 59.9 Å². The van der Waals surface area contributed by atoms with Crippen LogP contribution in [0.25, 0.3) is 10.6 Å². The Hall–Kier alpha value is -1.85. The summed E-state index contributed by atoms with van der Waals surface area (Å²) in [7, 11) is -3.81. The molecule has 30 heavy (non-hydrogen) atoms. The zero-order valence-corrected chi connectivity index (χ0v) is 19.4. The number of nitrogens with one attached hydrogen (secondary N) is 1. The smallest absolute Gasteiger partial charge is 0.244 e. The maximum atomic E-state index is 13.0. The minimum Gasteiger partial charge on any atom is -0.299 e. The molecule has 1 fully saturated rings. The van der Waals surface area contributed by atoms with Gasteiger partial charge in [-0.25, -0.2) is 8.42 Å². The fraction of sp³-hybridized carbons (Fsp3) is 0.211. The van der Waals surface area contributed by atoms with E-state index in [9.17, 15) is 13.2 Å². The summed E-state index contributed by atoms with van der Waals surface area (Å²) in [5, 5.41) is 12.3. The zero-order valence-electron chi connectivity index (χ0n) is 15.5. The Morgan fingerprint density at radius 3 is 2.70 bits per heavy atom. The number of sulfonamides is 1. The van der Waals surface area contributed by atoms with Gasteiger partial charge >= 0.3 is 0 Å². The maximum absolute atomic E-state index is 13.0. The molecule has 1 aliphatic heterocycles. The number of hydrogen-bond acceptors (Lipinski definition) is 6. The molecule has 0 saturated carbocycles. The molecule has 1 atom stereocenters. The highest BCUT2D eigenvalue weighted by Gasteiger charge is 2.39. The van der Waals surface area contributed by atoms with E-state index in [2.05, 4.69) is 31.4 Å². The first-order valence-electron chi connectivity index (χ1n) is 9.02. The first kappa shape index (κ1) is 21.4. The zero-order chi connectivity index (χ0) is 21.3. The van der Waals surface area contributed by atoms with Gasteiger partial charge in [-0.2, -0.15) is 4.31 Å². The lowest BCUT2D eigenvalue weighted by molar-refractivity contribution is -0.119. The summed E-state index contributed by atoms with van der Waals surface area (Å²) in [5.41, 5.74) is 0.871. The van der Waals surface area contributed by atoms with Crippen molar-refractivity contribution < 1.29 is 13.2 Å². The van der Waals surface area contributed by atoms with Crippen LogP contribution in [0.2, 0.25) is 5.02 Å². The van der Waals surface area contributed by atoms with Crippen LogP contribution in [0.5, 0.6) is 0 Å². The summed E-state index contributed by atoms with van der Waals surface area (Å²) in [6.45, 7) is 0.280. The highest BCUT2D eigenvalue weighted by atomic mass is 79.9. The van der Waals surface area contributed by atoms with E-state index in [1.807, 2.05) is 24.3 Å². The quantitative estimate of drug-likeness (QED) is 0.530. The van der Waals surface area contributed by atoms with Crippen LogP contribution in [0.15, 0.2) is 57.9 Å². The van der Waals surface area contributed by atoms with Gasteiger partial charge in [-0.3, -0.25) is 10.1 Å². The van der Waals surface area contributed by atoms with Crippen LogP contribution in [0.3, 0.4) is 0 Å². The van der Waals surface area contributed by atoms with Crippen molar-refractivity contribution in [3.8, 4) is 10.6 Å². The molecule has 4 rings (SSSR count). The Labute approximate surface area is 191 Å². The summed E-state index contributed by atoms with van der Waals surface area (Å²) >= 11 is 10.5. The molecule has 3 aromatic rings. The van der Waals surface area contributed by atoms with Crippen LogP contribution in [0, 0.1) is 0 Å². The number of nitrogens with zero attached hydrogens (tertiary/aromatic N) is 3. The molecule has 0 spiro atoms. The third-order valence-electron chi connectivity index (χ3n) is 4.65. The molecule has 1 aliphatic rings. The largest absolute Gasteiger partial charge is 0.299 e. The maximum Gasteiger partial charge on any atom is 0.244 e. The monoisotopic (exact) mass is 526 g/mol. The Morgan fingerprint density at radius 1 is 1.20 bits per heavy atom. The predicted octanol–water partition coefficient (Wildman–Crippen LogP) is 4.41. The number of carbonyl (C=O) groups excluding carboxylic acids is 1. The number of aromatic nitrogens is 2. The Balaban J connectivity index is 1.51. The molecule has 1 N–H and O–H groups in total. The van der Waals surface area contributed by atoms with Gasteiger partial charge in [0.15, 0.2) is 0 Å². The number of carbonyl (C=O) groups is 1. The second-order valence-electron chi connectivity index (χ2n) is 6.64. The molecule has 1 aromatic heterocycles. The third-order valence-corrected chi connectivity index (χ3v) is 8.21. The molecule has 2 heterocycles. The molecule has 1 amide bonds. The van der Waals surface area contributed by atoms with E-state index >= 15 is 0 Å². The van der Waals surface area contributed by atoms with Gasteiger partial charge in [0.25, 0.3) is 0 Å². The number of anilines is 1. The highest BCUT2D eigenvalue weighted by Crippen LogP contribution is 2.30. The molecule has 0 bridgehead atoms. The van der Waals surface area contributed by atoms with Gasteiger partial charge in [0, 0.05) is 21.6 Å². The van der Waals surface area contributed by atoms with E-state index in [1.54, 1.807) is 0 Å². The minimum absolute atomic E-state index is 0.111. The van der Waals surface area contributed by atoms with Gasteiger partial charge in [0.05, 0.1) is 4.90 Å². The lowest BCUT2D eigenvalue weighted by atomic mass is 10.2. The predicted molar refractivity (Wildman–Crippen MR) is 120 cm³/mol. The highest BCUT2D eigenvalue weighted by molar-refractivity contribution is 9.10. The van der Waals surface area contributed by atoms with Gasteiger partial charge in [0.2, 0.25) is 21.1 Å². The fourth-order valence-corrected chi connectivity index (χ4v) is 6.16. The second kappa shape index (κ2) is 8.72. The van der Waals surface area contributed by atoms with Gasteiger partial charge in [-0.1, -0.05) is 51.0 Å². The summed E-state index contributed by atoms with van der Waals surface area (Å²) in [5.74, 6) is -0.415. The SMILES string of the molecule is O=C(Nc1nnc(-c2cccc(Br)c2)s1)[C@H]1CCCN1S(=O)(=O)c1ccc(Cl)cc1. The number of hydrogen-bond donors (Lipinski definition) is 1. The van der Waals surface area contributed by atoms with Crippen molar-refractivity contribution in [1.29, 1.82) is 0 Å². The molecule has 7 nitrogen and oxygen atoms in total. The molecule has 1 saturated heterocycles. The average Bonchev–Trinajstić information content (AvgIpc) is 3.38. The number of halogens is 2. The molecular formula is C19H16BrClN4O3S2. The molecule has 0 aliphatic carbocycles. The van der Waals surface area contributed by atoms with Crippen molar-refractivity contribution in [3.05, 3.63) is 58.0 Å². The Morgan fingerprint density at radius 2 is 1.97 bits per heavy atom. The van der Waals surface area contributed by atoms with Gasteiger partial charge in [-0.15, -0.1) is 10.2 Å². The fourth-order valence-electron chi connectivity index (χ4n) is 3.23. The standard InChI is InChI=1S/C19H16BrClN4O3S2/c20-13-4-1-3-12(11-13)18-23-24-19(29-18)22-17(26)16-5-2-10-25(16)30(27,28)15-8-6-14(21)7-9-15/h1,3-4,6-9,11,16H,2,5,10H2,(H,22,24,26)/t16-/m1/s1. The van der Waals surface area contributed by atoms with E-state index in [0.29, 0.717) is 28.0 Å². The summed E-state index contributed by atoms with van der Waals surface area (Å²) in [6.07, 6.45) is 1.04. The summed E-state index contributed by atoms with van der Waals surface area (Å²) < 4.78 is 28.2. The van der Waals surface area contributed by atoms with Crippen LogP contribution >= 0.6 is 38.9 Å². The molecular weight excluding hydrogens is 512 g/mol. The first-order valence-corrected chi connectivity index (χ1v) is 12.4. The van der Waals surface area contributed by atoms with E-state index in [0.717, 1.165) is 10.0 Å². The van der Waals surface area contributed by atoms with Crippen molar-refractivity contribution in [2.24, 2.45) is 0 Å². The Kier molecular flexibility index (Phi) is 6.21. The van der Waals surface area contributed by atoms with Crippen molar-refractivity contribution in [2.45, 2.75) is 23.8 Å². The van der Waals surface area contributed by atoms with Gasteiger partial charge in [0.1, 0.15) is 11.0 Å². The third kappa shape index (κ3) is 4.42. The average molecular weight is 528 g/mol. The number of benzene rings is 2. The van der Waals surface area contributed by atoms with Crippen molar-refractivity contribution in [2.75, 3.05) is 11.9 Å².